The van der Waals surface area contributed by atoms with Crippen molar-refractivity contribution >= 4 is 0 Å². The van der Waals surface area contributed by atoms with E-state index >= 15 is 0 Å². The third-order valence-corrected chi connectivity index (χ3v) is 4.20. The number of piperazine rings is 2. The SMILES string of the molecule is c1ccc(CCN2CCN3CCNCC3C2)cc1. The van der Waals surface area contributed by atoms with Crippen molar-refractivity contribution in [2.24, 2.45) is 0 Å². The standard InChI is InChI=1S/C15H23N3/c1-2-4-14(5-3-1)6-8-17-10-11-18-9-7-16-12-15(18)13-17/h1-5,15-16H,6-13H2. The van der Waals surface area contributed by atoms with Crippen molar-refractivity contribution in [3.63, 3.8) is 0 Å². The molecule has 2 fully saturated rings. The largest absolute Gasteiger partial charge is 0.314 e. The number of nitrogens with one attached hydrogen (secondary N) is 1. The molecule has 0 spiro atoms. The fourth-order valence-corrected chi connectivity index (χ4v) is 3.07. The van der Waals surface area contributed by atoms with Crippen LogP contribution in [0.3, 0.4) is 0 Å². The van der Waals surface area contributed by atoms with Crippen LogP contribution in [0.1, 0.15) is 5.56 Å². The summed E-state index contributed by atoms with van der Waals surface area (Å²) in [5, 5.41) is 3.51. The summed E-state index contributed by atoms with van der Waals surface area (Å²) in [6, 6.07) is 11.6. The highest BCUT2D eigenvalue weighted by atomic mass is 15.3. The lowest BCUT2D eigenvalue weighted by atomic mass is 10.1. The Morgan fingerprint density at radius 3 is 2.89 bits per heavy atom. The molecule has 0 amide bonds. The van der Waals surface area contributed by atoms with Gasteiger partial charge in [0.15, 0.2) is 0 Å². The van der Waals surface area contributed by atoms with Gasteiger partial charge < -0.3 is 10.2 Å². The topological polar surface area (TPSA) is 18.5 Å². The van der Waals surface area contributed by atoms with E-state index in [4.69, 9.17) is 0 Å². The van der Waals surface area contributed by atoms with Crippen LogP contribution in [-0.2, 0) is 6.42 Å². The molecule has 3 nitrogen and oxygen atoms in total. The quantitative estimate of drug-likeness (QED) is 0.850. The first-order valence-corrected chi connectivity index (χ1v) is 7.13. The van der Waals surface area contributed by atoms with Crippen molar-refractivity contribution in [2.45, 2.75) is 12.5 Å². The highest BCUT2D eigenvalue weighted by Crippen LogP contribution is 2.12. The lowest BCUT2D eigenvalue weighted by Crippen LogP contribution is -2.61. The second-order valence-corrected chi connectivity index (χ2v) is 5.43. The van der Waals surface area contributed by atoms with Crippen LogP contribution in [-0.4, -0.2) is 61.7 Å². The van der Waals surface area contributed by atoms with Gasteiger partial charge in [0.25, 0.3) is 0 Å². The highest BCUT2D eigenvalue weighted by molar-refractivity contribution is 5.14. The summed E-state index contributed by atoms with van der Waals surface area (Å²) in [6.07, 6.45) is 1.18. The van der Waals surface area contributed by atoms with Gasteiger partial charge in [-0.25, -0.2) is 0 Å². The molecule has 2 saturated heterocycles. The molecule has 2 heterocycles. The van der Waals surface area contributed by atoms with Crippen molar-refractivity contribution in [3.8, 4) is 0 Å². The Morgan fingerprint density at radius 1 is 1.11 bits per heavy atom. The number of fused-ring (bicyclic) bond motifs is 1. The van der Waals surface area contributed by atoms with Crippen molar-refractivity contribution in [1.29, 1.82) is 0 Å². The normalized spacial score (nSPS) is 25.9. The molecule has 0 aliphatic carbocycles. The number of benzene rings is 1. The van der Waals surface area contributed by atoms with Gasteiger partial charge in [-0.2, -0.15) is 0 Å². The molecular formula is C15H23N3. The second-order valence-electron chi connectivity index (χ2n) is 5.43. The van der Waals surface area contributed by atoms with Gasteiger partial charge in [0.1, 0.15) is 0 Å². The van der Waals surface area contributed by atoms with Crippen LogP contribution in [0.15, 0.2) is 30.3 Å². The molecule has 18 heavy (non-hydrogen) atoms. The molecular weight excluding hydrogens is 222 g/mol. The van der Waals surface area contributed by atoms with E-state index in [1.807, 2.05) is 0 Å². The predicted molar refractivity (Wildman–Crippen MR) is 74.8 cm³/mol. The summed E-state index contributed by atoms with van der Waals surface area (Å²) in [4.78, 5) is 5.27. The van der Waals surface area contributed by atoms with E-state index in [1.165, 1.54) is 57.8 Å². The third kappa shape index (κ3) is 2.91. The Morgan fingerprint density at radius 2 is 2.00 bits per heavy atom. The zero-order valence-corrected chi connectivity index (χ0v) is 11.0. The van der Waals surface area contributed by atoms with Crippen molar-refractivity contribution in [3.05, 3.63) is 35.9 Å². The molecule has 0 bridgehead atoms. The Balaban J connectivity index is 1.49. The zero-order valence-electron chi connectivity index (χ0n) is 11.0. The molecule has 1 atom stereocenters. The molecule has 1 unspecified atom stereocenters. The van der Waals surface area contributed by atoms with Crippen LogP contribution in [0.25, 0.3) is 0 Å². The fraction of sp³-hybridized carbons (Fsp3) is 0.600. The first-order valence-electron chi connectivity index (χ1n) is 7.13. The van der Waals surface area contributed by atoms with Crippen LogP contribution in [0.2, 0.25) is 0 Å². The number of hydrogen-bond donors (Lipinski definition) is 1. The zero-order chi connectivity index (χ0) is 12.2. The summed E-state index contributed by atoms with van der Waals surface area (Å²) in [6.45, 7) is 8.50. The van der Waals surface area contributed by atoms with E-state index in [0.717, 1.165) is 6.04 Å². The van der Waals surface area contributed by atoms with Crippen LogP contribution in [0, 0.1) is 0 Å². The average molecular weight is 245 g/mol. The molecule has 0 radical (unpaired) electrons. The molecule has 3 rings (SSSR count). The maximum Gasteiger partial charge on any atom is 0.0349 e. The van der Waals surface area contributed by atoms with Gasteiger partial charge in [-0.05, 0) is 12.0 Å². The summed E-state index contributed by atoms with van der Waals surface area (Å²) in [7, 11) is 0. The molecule has 0 aromatic heterocycles. The van der Waals surface area contributed by atoms with Crippen molar-refractivity contribution < 1.29 is 0 Å². The van der Waals surface area contributed by atoms with E-state index in [0.29, 0.717) is 0 Å². The molecule has 1 N–H and O–H groups in total. The average Bonchev–Trinajstić information content (AvgIpc) is 2.46. The van der Waals surface area contributed by atoms with E-state index in [1.54, 1.807) is 0 Å². The van der Waals surface area contributed by atoms with Crippen LogP contribution in [0.5, 0.6) is 0 Å². The summed E-state index contributed by atoms with van der Waals surface area (Å²) < 4.78 is 0. The molecule has 1 aromatic rings. The van der Waals surface area contributed by atoms with E-state index < -0.39 is 0 Å². The first-order chi connectivity index (χ1) is 8.92. The molecule has 2 aliphatic rings. The molecule has 1 aromatic carbocycles. The van der Waals surface area contributed by atoms with Gasteiger partial charge in [0.05, 0.1) is 0 Å². The predicted octanol–water partition coefficient (Wildman–Crippen LogP) is 0.819. The number of hydrogen-bond acceptors (Lipinski definition) is 3. The van der Waals surface area contributed by atoms with E-state index in [-0.39, 0.29) is 0 Å². The Hall–Kier alpha value is -0.900. The monoisotopic (exact) mass is 245 g/mol. The van der Waals surface area contributed by atoms with Gasteiger partial charge >= 0.3 is 0 Å². The highest BCUT2D eigenvalue weighted by Gasteiger charge is 2.28. The third-order valence-electron chi connectivity index (χ3n) is 4.20. The van der Waals surface area contributed by atoms with E-state index in [2.05, 4.69) is 45.4 Å². The summed E-state index contributed by atoms with van der Waals surface area (Å²) in [5.41, 5.74) is 1.46. The maximum absolute atomic E-state index is 3.51. The minimum atomic E-state index is 0.739. The maximum atomic E-state index is 3.51. The first kappa shape index (κ1) is 12.2. The Labute approximate surface area is 110 Å². The van der Waals surface area contributed by atoms with Gasteiger partial charge in [-0.15, -0.1) is 0 Å². The van der Waals surface area contributed by atoms with Crippen LogP contribution >= 0.6 is 0 Å². The molecule has 0 saturated carbocycles. The van der Waals surface area contributed by atoms with E-state index in [9.17, 15) is 0 Å². The second kappa shape index (κ2) is 5.83. The van der Waals surface area contributed by atoms with Crippen LogP contribution in [0.4, 0.5) is 0 Å². The minimum absolute atomic E-state index is 0.739. The Kier molecular flexibility index (Phi) is 3.93. The summed E-state index contributed by atoms with van der Waals surface area (Å²) >= 11 is 0. The number of nitrogens with zero attached hydrogens (tertiary/aromatic N) is 2. The minimum Gasteiger partial charge on any atom is -0.314 e. The number of rotatable bonds is 3. The molecule has 98 valence electrons. The van der Waals surface area contributed by atoms with Gasteiger partial charge in [-0.1, -0.05) is 30.3 Å². The van der Waals surface area contributed by atoms with Crippen molar-refractivity contribution in [2.75, 3.05) is 45.8 Å². The lowest BCUT2D eigenvalue weighted by Gasteiger charge is -2.44. The van der Waals surface area contributed by atoms with Gasteiger partial charge in [0, 0.05) is 51.9 Å². The van der Waals surface area contributed by atoms with Gasteiger partial charge in [-0.3, -0.25) is 4.90 Å². The fourth-order valence-electron chi connectivity index (χ4n) is 3.07. The Bertz CT molecular complexity index is 365. The van der Waals surface area contributed by atoms with Crippen LogP contribution < -0.4 is 5.32 Å². The van der Waals surface area contributed by atoms with Gasteiger partial charge in [0.2, 0.25) is 0 Å². The molecule has 2 aliphatic heterocycles. The lowest BCUT2D eigenvalue weighted by molar-refractivity contribution is 0.0587. The smallest absolute Gasteiger partial charge is 0.0349 e. The van der Waals surface area contributed by atoms with Crippen molar-refractivity contribution in [1.82, 2.24) is 15.1 Å². The molecule has 3 heteroatoms. The summed E-state index contributed by atoms with van der Waals surface area (Å²) in [5.74, 6) is 0.